The molecule has 1 aromatic heterocycles. The van der Waals surface area contributed by atoms with Gasteiger partial charge in [-0.2, -0.15) is 0 Å². The summed E-state index contributed by atoms with van der Waals surface area (Å²) in [5.41, 5.74) is 1.48. The Bertz CT molecular complexity index is 704. The fourth-order valence-electron chi connectivity index (χ4n) is 1.99. The summed E-state index contributed by atoms with van der Waals surface area (Å²) in [7, 11) is 1.55. The zero-order chi connectivity index (χ0) is 16.8. The minimum Gasteiger partial charge on any atom is -0.493 e. The highest BCUT2D eigenvalue weighted by molar-refractivity contribution is 9.10. The fraction of sp³-hybridized carbons (Fsp3) is 0.294. The van der Waals surface area contributed by atoms with Crippen LogP contribution in [-0.4, -0.2) is 24.6 Å². The molecule has 1 heterocycles. The van der Waals surface area contributed by atoms with Crippen LogP contribution >= 0.6 is 15.9 Å². The van der Waals surface area contributed by atoms with Crippen LogP contribution in [0.25, 0.3) is 0 Å². The molecule has 5 nitrogen and oxygen atoms in total. The number of aryl methyl sites for hydroxylation is 1. The van der Waals surface area contributed by atoms with E-state index in [1.807, 2.05) is 26.0 Å². The van der Waals surface area contributed by atoms with Gasteiger partial charge < -0.3 is 14.8 Å². The maximum absolute atomic E-state index is 12.4. The molecule has 0 saturated carbocycles. The zero-order valence-corrected chi connectivity index (χ0v) is 14.9. The molecule has 2 rings (SSSR count). The van der Waals surface area contributed by atoms with E-state index in [4.69, 9.17) is 9.47 Å². The Morgan fingerprint density at radius 2 is 2.13 bits per heavy atom. The SMILES string of the molecule is CCCOc1c(Br)cc(C(=O)Nc2cc(C)ccn2)cc1OC. The number of ether oxygens (including phenoxy) is 2. The fourth-order valence-corrected chi connectivity index (χ4v) is 2.54. The first-order valence-corrected chi connectivity index (χ1v) is 8.08. The van der Waals surface area contributed by atoms with E-state index in [9.17, 15) is 4.79 Å². The van der Waals surface area contributed by atoms with Crippen LogP contribution < -0.4 is 14.8 Å². The topological polar surface area (TPSA) is 60.5 Å². The maximum Gasteiger partial charge on any atom is 0.256 e. The number of carbonyl (C=O) groups excluding carboxylic acids is 1. The predicted molar refractivity (Wildman–Crippen MR) is 93.4 cm³/mol. The molecule has 1 N–H and O–H groups in total. The molecule has 0 aliphatic rings. The molecule has 1 aromatic carbocycles. The lowest BCUT2D eigenvalue weighted by Crippen LogP contribution is -2.13. The van der Waals surface area contributed by atoms with E-state index in [0.29, 0.717) is 34.0 Å². The smallest absolute Gasteiger partial charge is 0.256 e. The van der Waals surface area contributed by atoms with Crippen molar-refractivity contribution < 1.29 is 14.3 Å². The van der Waals surface area contributed by atoms with Gasteiger partial charge in [-0.3, -0.25) is 4.79 Å². The average Bonchev–Trinajstić information content (AvgIpc) is 2.53. The summed E-state index contributed by atoms with van der Waals surface area (Å²) in [5, 5.41) is 2.77. The number of halogens is 1. The van der Waals surface area contributed by atoms with Crippen molar-refractivity contribution in [2.45, 2.75) is 20.3 Å². The highest BCUT2D eigenvalue weighted by Gasteiger charge is 2.16. The van der Waals surface area contributed by atoms with Crippen molar-refractivity contribution in [1.29, 1.82) is 0 Å². The van der Waals surface area contributed by atoms with Crippen LogP contribution in [0.15, 0.2) is 34.9 Å². The van der Waals surface area contributed by atoms with Crippen LogP contribution in [-0.2, 0) is 0 Å². The quantitative estimate of drug-likeness (QED) is 0.817. The molecule has 6 heteroatoms. The molecule has 0 aliphatic heterocycles. The molecule has 0 spiro atoms. The van der Waals surface area contributed by atoms with Crippen LogP contribution in [0.3, 0.4) is 0 Å². The van der Waals surface area contributed by atoms with Gasteiger partial charge in [-0.1, -0.05) is 6.92 Å². The number of pyridine rings is 1. The molecular formula is C17H19BrN2O3. The second-order valence-electron chi connectivity index (χ2n) is 5.01. The Morgan fingerprint density at radius 3 is 2.78 bits per heavy atom. The normalized spacial score (nSPS) is 10.3. The highest BCUT2D eigenvalue weighted by atomic mass is 79.9. The van der Waals surface area contributed by atoms with Crippen molar-refractivity contribution in [3.8, 4) is 11.5 Å². The van der Waals surface area contributed by atoms with Crippen molar-refractivity contribution in [3.63, 3.8) is 0 Å². The molecule has 0 aliphatic carbocycles. The number of carbonyl (C=O) groups is 1. The molecule has 0 atom stereocenters. The number of rotatable bonds is 6. The van der Waals surface area contributed by atoms with Gasteiger partial charge in [-0.25, -0.2) is 4.98 Å². The Balaban J connectivity index is 2.25. The van der Waals surface area contributed by atoms with Crippen LogP contribution in [0.1, 0.15) is 29.3 Å². The first kappa shape index (κ1) is 17.3. The van der Waals surface area contributed by atoms with Gasteiger partial charge in [0.05, 0.1) is 18.2 Å². The molecule has 0 bridgehead atoms. The van der Waals surface area contributed by atoms with E-state index >= 15 is 0 Å². The summed E-state index contributed by atoms with van der Waals surface area (Å²) in [6.45, 7) is 4.54. The Labute approximate surface area is 144 Å². The van der Waals surface area contributed by atoms with Crippen LogP contribution in [0.5, 0.6) is 11.5 Å². The number of hydrogen-bond acceptors (Lipinski definition) is 4. The molecule has 1 amide bonds. The highest BCUT2D eigenvalue weighted by Crippen LogP contribution is 2.36. The lowest BCUT2D eigenvalue weighted by molar-refractivity contribution is 0.102. The molecule has 0 saturated heterocycles. The zero-order valence-electron chi connectivity index (χ0n) is 13.4. The Kier molecular flexibility index (Phi) is 5.98. The number of anilines is 1. The van der Waals surface area contributed by atoms with E-state index in [-0.39, 0.29) is 5.91 Å². The summed E-state index contributed by atoms with van der Waals surface area (Å²) >= 11 is 3.43. The number of benzene rings is 1. The van der Waals surface area contributed by atoms with E-state index in [1.54, 1.807) is 25.4 Å². The molecule has 23 heavy (non-hydrogen) atoms. The standard InChI is InChI=1S/C17H19BrN2O3/c1-4-7-23-16-13(18)9-12(10-14(16)22-3)17(21)20-15-8-11(2)5-6-19-15/h5-6,8-10H,4,7H2,1-3H3,(H,19,20,21). The number of nitrogens with one attached hydrogen (secondary N) is 1. The van der Waals surface area contributed by atoms with E-state index in [1.165, 1.54) is 0 Å². The van der Waals surface area contributed by atoms with Gasteiger partial charge in [0, 0.05) is 11.8 Å². The van der Waals surface area contributed by atoms with Gasteiger partial charge in [0.2, 0.25) is 0 Å². The third-order valence-electron chi connectivity index (χ3n) is 3.10. The van der Waals surface area contributed by atoms with Crippen molar-refractivity contribution in [2.75, 3.05) is 19.0 Å². The number of methoxy groups -OCH3 is 1. The second-order valence-corrected chi connectivity index (χ2v) is 5.86. The number of amides is 1. The first-order valence-electron chi connectivity index (χ1n) is 7.29. The maximum atomic E-state index is 12.4. The van der Waals surface area contributed by atoms with Crippen LogP contribution in [0.2, 0.25) is 0 Å². The Hall–Kier alpha value is -2.08. The van der Waals surface area contributed by atoms with E-state index < -0.39 is 0 Å². The first-order chi connectivity index (χ1) is 11.0. The van der Waals surface area contributed by atoms with Crippen molar-refractivity contribution in [1.82, 2.24) is 4.98 Å². The molecular weight excluding hydrogens is 360 g/mol. The largest absolute Gasteiger partial charge is 0.493 e. The monoisotopic (exact) mass is 378 g/mol. The van der Waals surface area contributed by atoms with Gasteiger partial charge in [0.1, 0.15) is 5.82 Å². The Morgan fingerprint density at radius 1 is 1.35 bits per heavy atom. The van der Waals surface area contributed by atoms with Crippen molar-refractivity contribution >= 4 is 27.7 Å². The second kappa shape index (κ2) is 7.97. The van der Waals surface area contributed by atoms with Gasteiger partial charge in [-0.15, -0.1) is 0 Å². The summed E-state index contributed by atoms with van der Waals surface area (Å²) in [5.74, 6) is 1.36. The minimum absolute atomic E-state index is 0.260. The minimum atomic E-state index is -0.260. The van der Waals surface area contributed by atoms with Crippen molar-refractivity contribution in [2.24, 2.45) is 0 Å². The van der Waals surface area contributed by atoms with E-state index in [0.717, 1.165) is 12.0 Å². The van der Waals surface area contributed by atoms with Crippen LogP contribution in [0.4, 0.5) is 5.82 Å². The molecule has 122 valence electrons. The number of hydrogen-bond donors (Lipinski definition) is 1. The lowest BCUT2D eigenvalue weighted by Gasteiger charge is -2.14. The van der Waals surface area contributed by atoms with Gasteiger partial charge in [-0.05, 0) is 59.1 Å². The lowest BCUT2D eigenvalue weighted by atomic mass is 10.2. The molecule has 0 fully saturated rings. The number of nitrogens with zero attached hydrogens (tertiary/aromatic N) is 1. The van der Waals surface area contributed by atoms with E-state index in [2.05, 4.69) is 26.2 Å². The molecule has 0 radical (unpaired) electrons. The third kappa shape index (κ3) is 4.45. The number of aromatic nitrogens is 1. The van der Waals surface area contributed by atoms with Gasteiger partial charge in [0.25, 0.3) is 5.91 Å². The molecule has 2 aromatic rings. The predicted octanol–water partition coefficient (Wildman–Crippen LogP) is 4.20. The van der Waals surface area contributed by atoms with Crippen molar-refractivity contribution in [3.05, 3.63) is 46.1 Å². The van der Waals surface area contributed by atoms with Crippen LogP contribution in [0, 0.1) is 6.92 Å². The summed E-state index contributed by atoms with van der Waals surface area (Å²) < 4.78 is 11.7. The third-order valence-corrected chi connectivity index (χ3v) is 3.69. The summed E-state index contributed by atoms with van der Waals surface area (Å²) in [6, 6.07) is 7.04. The summed E-state index contributed by atoms with van der Waals surface area (Å²) in [6.07, 6.45) is 2.54. The van der Waals surface area contributed by atoms with Gasteiger partial charge in [0.15, 0.2) is 11.5 Å². The summed E-state index contributed by atoms with van der Waals surface area (Å²) in [4.78, 5) is 16.5. The molecule has 0 unspecified atom stereocenters. The van der Waals surface area contributed by atoms with Gasteiger partial charge >= 0.3 is 0 Å². The average molecular weight is 379 g/mol.